The van der Waals surface area contributed by atoms with Crippen LogP contribution in [0.4, 0.5) is 0 Å². The van der Waals surface area contributed by atoms with E-state index in [-0.39, 0.29) is 49.6 Å². The first kappa shape index (κ1) is 38.6. The number of nitrogens with zero attached hydrogens (tertiary/aromatic N) is 1. The Morgan fingerprint density at radius 2 is 1.58 bits per heavy atom. The summed E-state index contributed by atoms with van der Waals surface area (Å²) in [5.41, 5.74) is 3.31. The van der Waals surface area contributed by atoms with Crippen LogP contribution in [0.15, 0.2) is 35.9 Å². The smallest absolute Gasteiger partial charge is 0.236 e. The summed E-state index contributed by atoms with van der Waals surface area (Å²) in [6.45, 7) is 21.6. The highest BCUT2D eigenvalue weighted by atomic mass is 16.2. The van der Waals surface area contributed by atoms with E-state index in [0.717, 1.165) is 70.9 Å². The van der Waals surface area contributed by atoms with E-state index in [1.165, 1.54) is 45.2 Å². The van der Waals surface area contributed by atoms with Gasteiger partial charge in [0.1, 0.15) is 0 Å². The van der Waals surface area contributed by atoms with Gasteiger partial charge < -0.3 is 10.2 Å². The van der Waals surface area contributed by atoms with Gasteiger partial charge in [0.25, 0.3) is 0 Å². The van der Waals surface area contributed by atoms with Crippen molar-refractivity contribution in [1.29, 1.82) is 0 Å². The van der Waals surface area contributed by atoms with E-state index in [1.807, 2.05) is 6.07 Å². The Kier molecular flexibility index (Phi) is 9.82. The van der Waals surface area contributed by atoms with Gasteiger partial charge in [0, 0.05) is 30.6 Å². The second-order valence-corrected chi connectivity index (χ2v) is 20.3. The Labute approximate surface area is 321 Å². The number of benzene rings is 1. The van der Waals surface area contributed by atoms with Gasteiger partial charge in [-0.3, -0.25) is 14.4 Å². The average molecular weight is 721 g/mol. The Morgan fingerprint density at radius 3 is 2.28 bits per heavy atom. The van der Waals surface area contributed by atoms with Gasteiger partial charge in [-0.15, -0.1) is 6.42 Å². The first-order valence-corrected chi connectivity index (χ1v) is 21.4. The Balaban J connectivity index is 1.12. The van der Waals surface area contributed by atoms with Crippen LogP contribution in [0.25, 0.3) is 0 Å². The summed E-state index contributed by atoms with van der Waals surface area (Å²) in [5.74, 6) is 2.72. The number of rotatable bonds is 12. The van der Waals surface area contributed by atoms with Crippen molar-refractivity contribution >= 4 is 17.5 Å². The van der Waals surface area contributed by atoms with Crippen LogP contribution in [0, 0.1) is 62.1 Å². The third-order valence-corrected chi connectivity index (χ3v) is 18.0. The van der Waals surface area contributed by atoms with Gasteiger partial charge in [-0.05, 0) is 146 Å². The maximum absolute atomic E-state index is 14.5. The van der Waals surface area contributed by atoms with E-state index in [0.29, 0.717) is 29.4 Å². The molecule has 1 aliphatic heterocycles. The maximum Gasteiger partial charge on any atom is 0.236 e. The SMILES string of the molecule is C#CC(=O)c1ccccc1C(=O)CC(CC)CCC1(C)C2(C)CCC3(C)C12CC=C1C2CC(C)(C)CCC2(C(=O)NCCN2CCCCC2)CC[C@]13C. The van der Waals surface area contributed by atoms with Crippen LogP contribution >= 0.6 is 0 Å². The number of nitrogens with one attached hydrogen (secondary N) is 1. The van der Waals surface area contributed by atoms with Gasteiger partial charge in [0.05, 0.1) is 5.41 Å². The summed E-state index contributed by atoms with van der Waals surface area (Å²) >= 11 is 0. The summed E-state index contributed by atoms with van der Waals surface area (Å²) in [6, 6.07) is 7.05. The molecule has 0 bridgehead atoms. The minimum Gasteiger partial charge on any atom is -0.354 e. The Bertz CT molecular complexity index is 1710. The number of terminal acetylenes is 1. The number of ketones is 2. The van der Waals surface area contributed by atoms with Crippen molar-refractivity contribution < 1.29 is 14.4 Å². The van der Waals surface area contributed by atoms with Crippen molar-refractivity contribution in [3.8, 4) is 12.3 Å². The van der Waals surface area contributed by atoms with Crippen molar-refractivity contribution in [3.63, 3.8) is 0 Å². The fourth-order valence-corrected chi connectivity index (χ4v) is 14.4. The van der Waals surface area contributed by atoms with Gasteiger partial charge in [-0.25, -0.2) is 0 Å². The first-order chi connectivity index (χ1) is 25.1. The molecule has 1 aromatic rings. The molecule has 1 N–H and O–H groups in total. The van der Waals surface area contributed by atoms with Crippen LogP contribution in [0.1, 0.15) is 165 Å². The molecule has 5 heteroatoms. The predicted molar refractivity (Wildman–Crippen MR) is 214 cm³/mol. The van der Waals surface area contributed by atoms with Crippen molar-refractivity contribution in [2.75, 3.05) is 26.2 Å². The van der Waals surface area contributed by atoms with Gasteiger partial charge in [-0.1, -0.05) is 91.2 Å². The first-order valence-electron chi connectivity index (χ1n) is 21.4. The van der Waals surface area contributed by atoms with Crippen LogP contribution in [-0.2, 0) is 4.79 Å². The molecule has 7 unspecified atom stereocenters. The van der Waals surface area contributed by atoms with Gasteiger partial charge in [0.2, 0.25) is 11.7 Å². The van der Waals surface area contributed by atoms with E-state index in [9.17, 15) is 14.4 Å². The second-order valence-electron chi connectivity index (χ2n) is 20.3. The van der Waals surface area contributed by atoms with Crippen molar-refractivity contribution in [3.05, 3.63) is 47.0 Å². The fraction of sp³-hybridized carbons (Fsp3) is 0.729. The van der Waals surface area contributed by atoms with E-state index >= 15 is 0 Å². The highest BCUT2D eigenvalue weighted by Gasteiger charge is 2.91. The molecule has 6 aliphatic rings. The largest absolute Gasteiger partial charge is 0.354 e. The molecule has 288 valence electrons. The highest BCUT2D eigenvalue weighted by Crippen LogP contribution is 2.97. The molecule has 1 saturated heterocycles. The van der Waals surface area contributed by atoms with Crippen molar-refractivity contribution in [1.82, 2.24) is 10.2 Å². The summed E-state index contributed by atoms with van der Waals surface area (Å²) in [4.78, 5) is 43.1. The molecule has 1 spiro atoms. The summed E-state index contributed by atoms with van der Waals surface area (Å²) in [7, 11) is 0. The summed E-state index contributed by atoms with van der Waals surface area (Å²) in [6.07, 6.45) is 24.5. The number of hydrogen-bond donors (Lipinski definition) is 1. The van der Waals surface area contributed by atoms with Crippen LogP contribution in [-0.4, -0.2) is 48.6 Å². The number of likely N-dealkylation sites (tertiary alicyclic amines) is 1. The second kappa shape index (κ2) is 13.5. The van der Waals surface area contributed by atoms with Crippen LogP contribution < -0.4 is 5.32 Å². The summed E-state index contributed by atoms with van der Waals surface area (Å²) < 4.78 is 0. The number of allylic oxidation sites excluding steroid dienone is 2. The number of piperidine rings is 1. The third-order valence-electron chi connectivity index (χ3n) is 18.0. The Hall–Kier alpha value is -2.71. The molecule has 1 amide bonds. The quantitative estimate of drug-likeness (QED) is 0.101. The van der Waals surface area contributed by atoms with Crippen molar-refractivity contribution in [2.45, 2.75) is 145 Å². The predicted octanol–water partition coefficient (Wildman–Crippen LogP) is 10.2. The molecule has 8 atom stereocenters. The molecule has 4 saturated carbocycles. The number of hydrogen-bond acceptors (Lipinski definition) is 4. The molecule has 5 aliphatic carbocycles. The van der Waals surface area contributed by atoms with Crippen LogP contribution in [0.2, 0.25) is 0 Å². The molecule has 1 aromatic carbocycles. The van der Waals surface area contributed by atoms with Crippen LogP contribution in [0.3, 0.4) is 0 Å². The number of fused-ring (bicyclic) bond motifs is 4. The van der Waals surface area contributed by atoms with Gasteiger partial charge >= 0.3 is 0 Å². The lowest BCUT2D eigenvalue weighted by Crippen LogP contribution is -2.60. The molecule has 0 radical (unpaired) electrons. The van der Waals surface area contributed by atoms with E-state index in [2.05, 4.69) is 70.7 Å². The van der Waals surface area contributed by atoms with Gasteiger partial charge in [0.15, 0.2) is 5.78 Å². The Morgan fingerprint density at radius 1 is 0.906 bits per heavy atom. The summed E-state index contributed by atoms with van der Waals surface area (Å²) in [5, 5.41) is 3.53. The molecule has 5 nitrogen and oxygen atoms in total. The molecule has 1 heterocycles. The number of Topliss-reactive ketones (excluding diaryl/α,β-unsaturated/α-hetero) is 2. The number of carbonyl (C=O) groups excluding carboxylic acids is 3. The standard InChI is InChI=1S/C48H68N2O3/c1-9-34(32-40(52)36-17-13-12-16-35(36)39(51)10-2)18-20-45(7)46(8)25-24-44(6)43(5)23-27-47(41(53)49-28-31-50-29-14-11-15-30-50)26-22-42(3,4)33-38(47)37(43)19-21-48(44,45)46/h2,12-13,16-17,19,34,38H,9,11,14-15,18,20-33H2,1,3-8H3,(H,49,53)/t34?,38?,43-,44?,45?,46?,47?,48?/m1/s1. The zero-order valence-electron chi connectivity index (χ0n) is 34.2. The lowest BCUT2D eigenvalue weighted by Gasteiger charge is -2.65. The lowest BCUT2D eigenvalue weighted by atomic mass is 9.39. The van der Waals surface area contributed by atoms with E-state index in [1.54, 1.807) is 23.8 Å². The van der Waals surface area contributed by atoms with Gasteiger partial charge in [-0.2, -0.15) is 0 Å². The highest BCUT2D eigenvalue weighted by molar-refractivity contribution is 6.15. The topological polar surface area (TPSA) is 66.5 Å². The molecule has 53 heavy (non-hydrogen) atoms. The monoisotopic (exact) mass is 721 g/mol. The molecule has 7 rings (SSSR count). The van der Waals surface area contributed by atoms with E-state index < -0.39 is 5.78 Å². The molecular weight excluding hydrogens is 653 g/mol. The normalized spacial score (nSPS) is 38.9. The molecular formula is C48H68N2O3. The maximum atomic E-state index is 14.5. The lowest BCUT2D eigenvalue weighted by molar-refractivity contribution is -0.147. The fourth-order valence-electron chi connectivity index (χ4n) is 14.4. The van der Waals surface area contributed by atoms with Crippen molar-refractivity contribution in [2.24, 2.45) is 49.7 Å². The average Bonchev–Trinajstić information content (AvgIpc) is 3.40. The zero-order chi connectivity index (χ0) is 38.1. The number of carbonyl (C=O) groups is 3. The molecule has 0 aromatic heterocycles. The third kappa shape index (κ3) is 5.52. The minimum absolute atomic E-state index is 0.0285. The minimum atomic E-state index is -0.421. The van der Waals surface area contributed by atoms with Crippen LogP contribution in [0.5, 0.6) is 0 Å². The molecule has 5 fully saturated rings. The zero-order valence-corrected chi connectivity index (χ0v) is 34.2. The van der Waals surface area contributed by atoms with E-state index in [4.69, 9.17) is 6.42 Å². The number of amides is 1.